The third-order valence-corrected chi connectivity index (χ3v) is 2.91. The van der Waals surface area contributed by atoms with Crippen molar-refractivity contribution in [2.75, 3.05) is 0 Å². The summed E-state index contributed by atoms with van der Waals surface area (Å²) in [7, 11) is 0. The lowest BCUT2D eigenvalue weighted by atomic mass is 10.1. The van der Waals surface area contributed by atoms with Crippen molar-refractivity contribution < 1.29 is 4.39 Å². The van der Waals surface area contributed by atoms with E-state index in [9.17, 15) is 4.39 Å². The maximum absolute atomic E-state index is 13.3. The molecule has 0 saturated carbocycles. The van der Waals surface area contributed by atoms with Crippen LogP contribution in [0.15, 0.2) is 36.5 Å². The molecule has 0 aliphatic carbocycles. The van der Waals surface area contributed by atoms with Crippen molar-refractivity contribution >= 4 is 5.65 Å². The van der Waals surface area contributed by atoms with Crippen LogP contribution in [0.25, 0.3) is 16.8 Å². The summed E-state index contributed by atoms with van der Waals surface area (Å²) in [4.78, 5) is 4.48. The number of nitrogens with zero attached hydrogens (tertiary/aromatic N) is 3. The zero-order valence-corrected chi connectivity index (χ0v) is 10.2. The molecule has 0 saturated heterocycles. The van der Waals surface area contributed by atoms with Crippen LogP contribution in [-0.2, 0) is 0 Å². The highest BCUT2D eigenvalue weighted by Gasteiger charge is 2.10. The molecule has 0 radical (unpaired) electrons. The monoisotopic (exact) mass is 241 g/mol. The van der Waals surface area contributed by atoms with Gasteiger partial charge in [-0.2, -0.15) is 5.10 Å². The first kappa shape index (κ1) is 10.9. The van der Waals surface area contributed by atoms with Gasteiger partial charge in [0.05, 0.1) is 6.20 Å². The van der Waals surface area contributed by atoms with E-state index < -0.39 is 0 Å². The largest absolute Gasteiger partial charge is 0.233 e. The predicted molar refractivity (Wildman–Crippen MR) is 67.9 cm³/mol. The lowest BCUT2D eigenvalue weighted by Crippen LogP contribution is -1.97. The molecule has 1 aromatic carbocycles. The molecule has 0 atom stereocenters. The maximum Gasteiger partial charge on any atom is 0.163 e. The van der Waals surface area contributed by atoms with Gasteiger partial charge in [-0.15, -0.1) is 0 Å². The van der Waals surface area contributed by atoms with Crippen LogP contribution in [0.3, 0.4) is 0 Å². The van der Waals surface area contributed by atoms with Crippen LogP contribution >= 0.6 is 0 Å². The molecule has 0 unspecified atom stereocenters. The van der Waals surface area contributed by atoms with Crippen molar-refractivity contribution in [1.82, 2.24) is 14.6 Å². The van der Waals surface area contributed by atoms with E-state index in [2.05, 4.69) is 10.1 Å². The molecule has 4 heteroatoms. The second-order valence-electron chi connectivity index (χ2n) is 4.34. The van der Waals surface area contributed by atoms with Gasteiger partial charge in [-0.05, 0) is 37.6 Å². The molecule has 3 rings (SSSR count). The van der Waals surface area contributed by atoms with Gasteiger partial charge in [0.2, 0.25) is 0 Å². The smallest absolute Gasteiger partial charge is 0.163 e. The average molecular weight is 241 g/mol. The Kier molecular flexibility index (Phi) is 2.37. The third kappa shape index (κ3) is 1.66. The van der Waals surface area contributed by atoms with Crippen molar-refractivity contribution in [3.05, 3.63) is 53.7 Å². The Balaban J connectivity index is 2.30. The van der Waals surface area contributed by atoms with Gasteiger partial charge in [0.25, 0.3) is 0 Å². The van der Waals surface area contributed by atoms with E-state index in [4.69, 9.17) is 0 Å². The summed E-state index contributed by atoms with van der Waals surface area (Å²) in [5, 5.41) is 4.30. The number of fused-ring (bicyclic) bond motifs is 1. The number of halogens is 1. The highest BCUT2D eigenvalue weighted by molar-refractivity contribution is 5.77. The Morgan fingerprint density at radius 3 is 2.78 bits per heavy atom. The lowest BCUT2D eigenvalue weighted by Gasteiger charge is -2.02. The highest BCUT2D eigenvalue weighted by Crippen LogP contribution is 2.24. The molecule has 0 aliphatic rings. The standard InChI is InChI=1S/C14H12FN3/c1-9-6-10(2)18-14(17-9)13(8-16-18)11-4-3-5-12(15)7-11/h3-8H,1-2H3. The predicted octanol–water partition coefficient (Wildman–Crippen LogP) is 3.15. The maximum atomic E-state index is 13.3. The molecule has 0 bridgehead atoms. The van der Waals surface area contributed by atoms with Crippen LogP contribution in [0, 0.1) is 19.7 Å². The highest BCUT2D eigenvalue weighted by atomic mass is 19.1. The molecule has 90 valence electrons. The number of aryl methyl sites for hydroxylation is 2. The van der Waals surface area contributed by atoms with Gasteiger partial charge in [-0.3, -0.25) is 0 Å². The van der Waals surface area contributed by atoms with Gasteiger partial charge in [-0.1, -0.05) is 12.1 Å². The molecule has 0 amide bonds. The molecule has 0 aliphatic heterocycles. The Morgan fingerprint density at radius 2 is 2.00 bits per heavy atom. The van der Waals surface area contributed by atoms with E-state index >= 15 is 0 Å². The van der Waals surface area contributed by atoms with E-state index in [1.165, 1.54) is 12.1 Å². The molecule has 0 N–H and O–H groups in total. The molecule has 3 nitrogen and oxygen atoms in total. The minimum absolute atomic E-state index is 0.253. The van der Waals surface area contributed by atoms with E-state index in [0.29, 0.717) is 0 Å². The zero-order chi connectivity index (χ0) is 12.7. The molecular formula is C14H12FN3. The van der Waals surface area contributed by atoms with Crippen molar-refractivity contribution in [2.24, 2.45) is 0 Å². The first-order valence-corrected chi connectivity index (χ1v) is 5.73. The molecule has 3 aromatic rings. The minimum Gasteiger partial charge on any atom is -0.233 e. The molecule has 0 spiro atoms. The summed E-state index contributed by atoms with van der Waals surface area (Å²) in [5.74, 6) is -0.253. The summed E-state index contributed by atoms with van der Waals surface area (Å²) >= 11 is 0. The lowest BCUT2D eigenvalue weighted by molar-refractivity contribution is 0.628. The first-order valence-electron chi connectivity index (χ1n) is 5.73. The fraction of sp³-hybridized carbons (Fsp3) is 0.143. The van der Waals surface area contributed by atoms with Crippen LogP contribution < -0.4 is 0 Å². The minimum atomic E-state index is -0.253. The fourth-order valence-corrected chi connectivity index (χ4v) is 2.13. The van der Waals surface area contributed by atoms with Crippen molar-refractivity contribution in [1.29, 1.82) is 0 Å². The van der Waals surface area contributed by atoms with Crippen molar-refractivity contribution in [3.63, 3.8) is 0 Å². The number of rotatable bonds is 1. The third-order valence-electron chi connectivity index (χ3n) is 2.91. The summed E-state index contributed by atoms with van der Waals surface area (Å²) in [6.07, 6.45) is 1.73. The Bertz CT molecular complexity index is 731. The number of hydrogen-bond acceptors (Lipinski definition) is 2. The van der Waals surface area contributed by atoms with E-state index in [0.717, 1.165) is 28.2 Å². The molecule has 18 heavy (non-hydrogen) atoms. The van der Waals surface area contributed by atoms with E-state index in [1.54, 1.807) is 16.8 Å². The second kappa shape index (κ2) is 3.91. The molecule has 2 aromatic heterocycles. The van der Waals surface area contributed by atoms with Crippen LogP contribution in [-0.4, -0.2) is 14.6 Å². The first-order chi connectivity index (χ1) is 8.65. The Morgan fingerprint density at radius 1 is 1.17 bits per heavy atom. The number of benzene rings is 1. The van der Waals surface area contributed by atoms with Crippen molar-refractivity contribution in [3.8, 4) is 11.1 Å². The van der Waals surface area contributed by atoms with Gasteiger partial charge in [0.1, 0.15) is 5.82 Å². The van der Waals surface area contributed by atoms with Gasteiger partial charge in [-0.25, -0.2) is 13.9 Å². The summed E-state index contributed by atoms with van der Waals surface area (Å²) in [6.45, 7) is 3.92. The molecular weight excluding hydrogens is 229 g/mol. The van der Waals surface area contributed by atoms with Gasteiger partial charge in [0.15, 0.2) is 5.65 Å². The van der Waals surface area contributed by atoms with Crippen molar-refractivity contribution in [2.45, 2.75) is 13.8 Å². The number of aromatic nitrogens is 3. The van der Waals surface area contributed by atoms with Gasteiger partial charge < -0.3 is 0 Å². The van der Waals surface area contributed by atoms with Crippen LogP contribution in [0.5, 0.6) is 0 Å². The Labute approximate surface area is 104 Å². The van der Waals surface area contributed by atoms with Crippen LogP contribution in [0.1, 0.15) is 11.4 Å². The zero-order valence-electron chi connectivity index (χ0n) is 10.2. The van der Waals surface area contributed by atoms with Crippen LogP contribution in [0.4, 0.5) is 4.39 Å². The summed E-state index contributed by atoms with van der Waals surface area (Å²) in [6, 6.07) is 8.45. The van der Waals surface area contributed by atoms with Gasteiger partial charge in [0, 0.05) is 17.0 Å². The molecule has 0 fully saturated rings. The topological polar surface area (TPSA) is 30.2 Å². The summed E-state index contributed by atoms with van der Waals surface area (Å²) < 4.78 is 15.0. The second-order valence-corrected chi connectivity index (χ2v) is 4.34. The van der Waals surface area contributed by atoms with Crippen LogP contribution in [0.2, 0.25) is 0 Å². The normalized spacial score (nSPS) is 11.1. The number of hydrogen-bond donors (Lipinski definition) is 0. The SMILES string of the molecule is Cc1cc(C)n2ncc(-c3cccc(F)c3)c2n1. The molecule has 2 heterocycles. The van der Waals surface area contributed by atoms with E-state index in [1.807, 2.05) is 26.0 Å². The fourth-order valence-electron chi connectivity index (χ4n) is 2.13. The Hall–Kier alpha value is -2.23. The van der Waals surface area contributed by atoms with Gasteiger partial charge >= 0.3 is 0 Å². The quantitative estimate of drug-likeness (QED) is 0.655. The van der Waals surface area contributed by atoms with E-state index in [-0.39, 0.29) is 5.82 Å². The average Bonchev–Trinajstić information content (AvgIpc) is 2.72. The summed E-state index contributed by atoms with van der Waals surface area (Å²) in [5.41, 5.74) is 4.35.